The molecule has 0 N–H and O–H groups in total. The molecule has 1 amide bonds. The molecule has 0 aliphatic carbocycles. The van der Waals surface area contributed by atoms with E-state index in [0.717, 1.165) is 26.9 Å². The van der Waals surface area contributed by atoms with Crippen molar-refractivity contribution in [3.8, 4) is 0 Å². The third kappa shape index (κ3) is 5.06. The van der Waals surface area contributed by atoms with Crippen LogP contribution in [0.1, 0.15) is 22.3 Å². The van der Waals surface area contributed by atoms with Crippen molar-refractivity contribution in [2.24, 2.45) is 0 Å². The zero-order valence-electron chi connectivity index (χ0n) is 18.0. The Morgan fingerprint density at radius 1 is 0.906 bits per heavy atom. The van der Waals surface area contributed by atoms with E-state index in [1.54, 1.807) is 24.3 Å². The number of nitrogens with zero attached hydrogens (tertiary/aromatic N) is 2. The average molecular weight is 465 g/mol. The van der Waals surface area contributed by atoms with E-state index in [0.29, 0.717) is 10.7 Å². The van der Waals surface area contributed by atoms with Gasteiger partial charge in [-0.3, -0.25) is 9.69 Å². The second kappa shape index (κ2) is 9.22. The van der Waals surface area contributed by atoms with Gasteiger partial charge in [0.05, 0.1) is 22.5 Å². The standard InChI is InChI=1S/C25H24N2O3S2/c1-18-13-14-22-24(19(18)2)26-25(31-22)27(15-20-9-5-3-6-10-20)23(28)17-32(29,30)16-21-11-7-4-8-12-21/h3-14H,15-17H2,1-2H3. The smallest absolute Gasteiger partial charge is 0.244 e. The predicted octanol–water partition coefficient (Wildman–Crippen LogP) is 5.06. The fraction of sp³-hybridized carbons (Fsp3) is 0.200. The lowest BCUT2D eigenvalue weighted by Crippen LogP contribution is -2.35. The number of hydrogen-bond acceptors (Lipinski definition) is 5. The molecule has 4 aromatic rings. The lowest BCUT2D eigenvalue weighted by atomic mass is 10.1. The first-order valence-electron chi connectivity index (χ1n) is 10.3. The molecule has 0 saturated carbocycles. The summed E-state index contributed by atoms with van der Waals surface area (Å²) in [5.41, 5.74) is 4.62. The summed E-state index contributed by atoms with van der Waals surface area (Å²) in [6.07, 6.45) is 0. The van der Waals surface area contributed by atoms with Gasteiger partial charge in [0, 0.05) is 0 Å². The van der Waals surface area contributed by atoms with Crippen LogP contribution in [0.3, 0.4) is 0 Å². The van der Waals surface area contributed by atoms with Gasteiger partial charge in [0.15, 0.2) is 15.0 Å². The second-order valence-electron chi connectivity index (χ2n) is 7.83. The number of rotatable bonds is 7. The maximum absolute atomic E-state index is 13.3. The van der Waals surface area contributed by atoms with Gasteiger partial charge >= 0.3 is 0 Å². The topological polar surface area (TPSA) is 67.3 Å². The van der Waals surface area contributed by atoms with Gasteiger partial charge in [-0.25, -0.2) is 13.4 Å². The largest absolute Gasteiger partial charge is 0.283 e. The van der Waals surface area contributed by atoms with Gasteiger partial charge in [0.25, 0.3) is 0 Å². The Bertz CT molecular complexity index is 1350. The van der Waals surface area contributed by atoms with Crippen LogP contribution >= 0.6 is 11.3 Å². The minimum Gasteiger partial charge on any atom is -0.283 e. The van der Waals surface area contributed by atoms with Crippen LogP contribution in [-0.4, -0.2) is 25.1 Å². The normalized spacial score (nSPS) is 11.6. The Kier molecular flexibility index (Phi) is 6.39. The molecule has 0 aliphatic rings. The number of carbonyl (C=O) groups is 1. The lowest BCUT2D eigenvalue weighted by Gasteiger charge is -2.20. The van der Waals surface area contributed by atoms with Crippen LogP contribution in [0.5, 0.6) is 0 Å². The maximum atomic E-state index is 13.3. The molecule has 5 nitrogen and oxygen atoms in total. The van der Waals surface area contributed by atoms with Gasteiger partial charge in [-0.05, 0) is 42.2 Å². The number of sulfone groups is 1. The highest BCUT2D eigenvalue weighted by Gasteiger charge is 2.26. The first-order chi connectivity index (χ1) is 15.3. The van der Waals surface area contributed by atoms with Gasteiger partial charge in [-0.2, -0.15) is 0 Å². The van der Waals surface area contributed by atoms with Crippen LogP contribution in [0.2, 0.25) is 0 Å². The number of thiazole rings is 1. The molecule has 0 atom stereocenters. The molecular weight excluding hydrogens is 440 g/mol. The van der Waals surface area contributed by atoms with Crippen LogP contribution in [-0.2, 0) is 26.9 Å². The summed E-state index contributed by atoms with van der Waals surface area (Å²) < 4.78 is 26.6. The SMILES string of the molecule is Cc1ccc2sc(N(Cc3ccccc3)C(=O)CS(=O)(=O)Cc3ccccc3)nc2c1C. The molecule has 4 rings (SSSR count). The van der Waals surface area contributed by atoms with Crippen molar-refractivity contribution in [3.05, 3.63) is 95.1 Å². The van der Waals surface area contributed by atoms with E-state index < -0.39 is 21.5 Å². The molecule has 1 aromatic heterocycles. The van der Waals surface area contributed by atoms with Crippen molar-refractivity contribution in [1.29, 1.82) is 0 Å². The molecule has 1 heterocycles. The number of anilines is 1. The van der Waals surface area contributed by atoms with Crippen molar-refractivity contribution < 1.29 is 13.2 Å². The summed E-state index contributed by atoms with van der Waals surface area (Å²) in [5.74, 6) is -1.21. The summed E-state index contributed by atoms with van der Waals surface area (Å²) in [4.78, 5) is 19.5. The van der Waals surface area contributed by atoms with Gasteiger partial charge in [-0.15, -0.1) is 0 Å². The van der Waals surface area contributed by atoms with Crippen molar-refractivity contribution in [3.63, 3.8) is 0 Å². The molecule has 0 bridgehead atoms. The van der Waals surface area contributed by atoms with Gasteiger partial charge in [0.1, 0.15) is 5.75 Å². The Hall–Kier alpha value is -3.03. The first kappa shape index (κ1) is 22.2. The number of aromatic nitrogens is 1. The van der Waals surface area contributed by atoms with Crippen LogP contribution in [0.15, 0.2) is 72.8 Å². The molecule has 3 aromatic carbocycles. The third-order valence-corrected chi connectivity index (χ3v) is 7.87. The zero-order valence-corrected chi connectivity index (χ0v) is 19.6. The minimum atomic E-state index is -3.64. The van der Waals surface area contributed by atoms with E-state index in [4.69, 9.17) is 4.98 Å². The van der Waals surface area contributed by atoms with E-state index in [9.17, 15) is 13.2 Å². The van der Waals surface area contributed by atoms with Crippen molar-refractivity contribution in [2.45, 2.75) is 26.1 Å². The first-order valence-corrected chi connectivity index (χ1v) is 12.9. The van der Waals surface area contributed by atoms with Crippen LogP contribution in [0.25, 0.3) is 10.2 Å². The number of aryl methyl sites for hydroxylation is 2. The predicted molar refractivity (Wildman–Crippen MR) is 131 cm³/mol. The molecular formula is C25H24N2O3S2. The highest BCUT2D eigenvalue weighted by molar-refractivity contribution is 7.91. The van der Waals surface area contributed by atoms with Crippen molar-refractivity contribution in [2.75, 3.05) is 10.7 Å². The van der Waals surface area contributed by atoms with E-state index in [-0.39, 0.29) is 12.3 Å². The van der Waals surface area contributed by atoms with Gasteiger partial charge in [0.2, 0.25) is 5.91 Å². The lowest BCUT2D eigenvalue weighted by molar-refractivity contribution is -0.116. The Morgan fingerprint density at radius 2 is 1.53 bits per heavy atom. The zero-order chi connectivity index (χ0) is 22.7. The highest BCUT2D eigenvalue weighted by atomic mass is 32.2. The summed E-state index contributed by atoms with van der Waals surface area (Å²) in [5, 5.41) is 0.512. The number of hydrogen-bond donors (Lipinski definition) is 0. The second-order valence-corrected chi connectivity index (χ2v) is 10.9. The van der Waals surface area contributed by atoms with Crippen molar-refractivity contribution in [1.82, 2.24) is 4.98 Å². The van der Waals surface area contributed by atoms with E-state index in [1.807, 2.05) is 62.4 Å². The molecule has 32 heavy (non-hydrogen) atoms. The van der Waals surface area contributed by atoms with E-state index in [1.165, 1.54) is 16.2 Å². The molecule has 7 heteroatoms. The highest BCUT2D eigenvalue weighted by Crippen LogP contribution is 2.33. The number of amides is 1. The molecule has 0 radical (unpaired) electrons. The third-order valence-electron chi connectivity index (χ3n) is 5.36. The Labute approximate surface area is 192 Å². The van der Waals surface area contributed by atoms with E-state index in [2.05, 4.69) is 0 Å². The minimum absolute atomic E-state index is 0.170. The fourth-order valence-corrected chi connectivity index (χ4v) is 5.88. The molecule has 0 unspecified atom stereocenters. The Balaban J connectivity index is 1.66. The Morgan fingerprint density at radius 3 is 2.19 bits per heavy atom. The van der Waals surface area contributed by atoms with Gasteiger partial charge in [-0.1, -0.05) is 78.1 Å². The molecule has 0 aliphatic heterocycles. The number of fused-ring (bicyclic) bond motifs is 1. The molecule has 164 valence electrons. The summed E-state index contributed by atoms with van der Waals surface area (Å²) in [7, 11) is -3.64. The van der Waals surface area contributed by atoms with Crippen LogP contribution in [0.4, 0.5) is 5.13 Å². The van der Waals surface area contributed by atoms with E-state index >= 15 is 0 Å². The maximum Gasteiger partial charge on any atom is 0.244 e. The fourth-order valence-electron chi connectivity index (χ4n) is 3.50. The van der Waals surface area contributed by atoms with Crippen molar-refractivity contribution >= 4 is 42.4 Å². The van der Waals surface area contributed by atoms with Crippen LogP contribution < -0.4 is 4.90 Å². The number of benzene rings is 3. The summed E-state index contributed by atoms with van der Waals surface area (Å²) in [6.45, 7) is 4.30. The molecule has 0 saturated heterocycles. The summed E-state index contributed by atoms with van der Waals surface area (Å²) in [6, 6.07) is 22.5. The average Bonchev–Trinajstić information content (AvgIpc) is 3.20. The quantitative estimate of drug-likeness (QED) is 0.383. The molecule has 0 fully saturated rings. The van der Waals surface area contributed by atoms with Crippen LogP contribution in [0, 0.1) is 13.8 Å². The monoisotopic (exact) mass is 464 g/mol. The molecule has 0 spiro atoms. The summed E-state index contributed by atoms with van der Waals surface area (Å²) >= 11 is 1.40. The van der Waals surface area contributed by atoms with Gasteiger partial charge < -0.3 is 0 Å². The number of carbonyl (C=O) groups excluding carboxylic acids is 1.